The maximum absolute atomic E-state index is 13.5. The molecule has 1 heterocycles. The second-order valence-corrected chi connectivity index (χ2v) is 5.86. The summed E-state index contributed by atoms with van der Waals surface area (Å²) in [7, 11) is 0. The highest BCUT2D eigenvalue weighted by Gasteiger charge is 2.15. The van der Waals surface area contributed by atoms with Crippen molar-refractivity contribution in [1.82, 2.24) is 15.5 Å². The van der Waals surface area contributed by atoms with Crippen LogP contribution in [0.1, 0.15) is 5.69 Å². The number of anilines is 1. The first-order valence-electron chi connectivity index (χ1n) is 8.41. The molecule has 3 amide bonds. The Morgan fingerprint density at radius 2 is 1.72 bits per heavy atom. The van der Waals surface area contributed by atoms with Crippen molar-refractivity contribution in [1.29, 1.82) is 0 Å². The van der Waals surface area contributed by atoms with Crippen LogP contribution >= 0.6 is 0 Å². The number of nitrogens with one attached hydrogen (secondary N) is 3. The van der Waals surface area contributed by atoms with Crippen molar-refractivity contribution in [3.63, 3.8) is 0 Å². The highest BCUT2D eigenvalue weighted by Crippen LogP contribution is 2.13. The number of halogens is 1. The number of para-hydroxylation sites is 1. The summed E-state index contributed by atoms with van der Waals surface area (Å²) in [5, 5.41) is 11.1. The Morgan fingerprint density at radius 3 is 2.48 bits per heavy atom. The molecule has 2 aromatic carbocycles. The van der Waals surface area contributed by atoms with Gasteiger partial charge in [-0.25, -0.2) is 14.3 Å². The van der Waals surface area contributed by atoms with Gasteiger partial charge in [0.2, 0.25) is 0 Å². The van der Waals surface area contributed by atoms with Gasteiger partial charge in [-0.2, -0.15) is 5.10 Å². The maximum atomic E-state index is 13.5. The molecule has 0 aliphatic carbocycles. The molecule has 0 unspecified atom stereocenters. The number of carbonyl (C=O) groups excluding carboxylic acids is 3. The molecule has 0 spiro atoms. The molecule has 3 rings (SSSR count). The number of urea groups is 1. The van der Waals surface area contributed by atoms with Crippen molar-refractivity contribution in [3.05, 3.63) is 70.4 Å². The first-order valence-corrected chi connectivity index (χ1v) is 8.41. The second-order valence-electron chi connectivity index (χ2n) is 5.86. The summed E-state index contributed by atoms with van der Waals surface area (Å²) >= 11 is 0. The smallest absolute Gasteiger partial charge is 0.326 e. The van der Waals surface area contributed by atoms with Crippen molar-refractivity contribution in [2.75, 3.05) is 11.9 Å². The average Bonchev–Trinajstić information content (AvgIpc) is 2.70. The molecule has 0 aliphatic heterocycles. The molecule has 0 saturated carbocycles. The number of esters is 1. The van der Waals surface area contributed by atoms with Crippen LogP contribution in [-0.4, -0.2) is 34.7 Å². The third kappa shape index (κ3) is 5.01. The van der Waals surface area contributed by atoms with Crippen LogP contribution in [0.15, 0.2) is 53.3 Å². The zero-order chi connectivity index (χ0) is 20.8. The number of benzene rings is 2. The SMILES string of the molecule is O=C(COC(=O)Cc1n[nH]c(=O)c2ccccc12)NC(=O)Nc1ccccc1F. The van der Waals surface area contributed by atoms with Crippen LogP contribution in [0.5, 0.6) is 0 Å². The summed E-state index contributed by atoms with van der Waals surface area (Å²) in [4.78, 5) is 47.2. The largest absolute Gasteiger partial charge is 0.455 e. The molecule has 0 radical (unpaired) electrons. The molecule has 10 heteroatoms. The lowest BCUT2D eigenvalue weighted by molar-refractivity contribution is -0.147. The van der Waals surface area contributed by atoms with Crippen molar-refractivity contribution in [2.24, 2.45) is 0 Å². The molecule has 148 valence electrons. The van der Waals surface area contributed by atoms with E-state index in [0.29, 0.717) is 10.8 Å². The predicted molar refractivity (Wildman–Crippen MR) is 101 cm³/mol. The fourth-order valence-electron chi connectivity index (χ4n) is 2.52. The monoisotopic (exact) mass is 398 g/mol. The molecule has 0 aliphatic rings. The first kappa shape index (κ1) is 19.7. The van der Waals surface area contributed by atoms with Gasteiger partial charge in [-0.3, -0.25) is 19.7 Å². The van der Waals surface area contributed by atoms with E-state index >= 15 is 0 Å². The number of nitrogens with zero attached hydrogens (tertiary/aromatic N) is 1. The lowest BCUT2D eigenvalue weighted by atomic mass is 10.1. The number of amides is 3. The van der Waals surface area contributed by atoms with Gasteiger partial charge in [0.15, 0.2) is 6.61 Å². The Bertz CT molecular complexity index is 1140. The Morgan fingerprint density at radius 1 is 1.03 bits per heavy atom. The van der Waals surface area contributed by atoms with Gasteiger partial charge >= 0.3 is 12.0 Å². The number of aromatic amines is 1. The van der Waals surface area contributed by atoms with Gasteiger partial charge in [0, 0.05) is 5.39 Å². The Hall–Kier alpha value is -4.08. The van der Waals surface area contributed by atoms with Crippen LogP contribution in [0.2, 0.25) is 0 Å². The minimum absolute atomic E-state index is 0.106. The normalized spacial score (nSPS) is 10.4. The van der Waals surface area contributed by atoms with E-state index in [-0.39, 0.29) is 17.8 Å². The van der Waals surface area contributed by atoms with Crippen LogP contribution in [0.4, 0.5) is 14.9 Å². The number of fused-ring (bicyclic) bond motifs is 1. The van der Waals surface area contributed by atoms with Crippen LogP contribution in [0.3, 0.4) is 0 Å². The van der Waals surface area contributed by atoms with Crippen LogP contribution in [-0.2, 0) is 20.7 Å². The van der Waals surface area contributed by atoms with Gasteiger partial charge in [0.25, 0.3) is 11.5 Å². The third-order valence-corrected chi connectivity index (χ3v) is 3.83. The molecule has 1 aromatic heterocycles. The molecule has 0 bridgehead atoms. The summed E-state index contributed by atoms with van der Waals surface area (Å²) in [6.07, 6.45) is -0.286. The number of imide groups is 1. The topological polar surface area (TPSA) is 130 Å². The predicted octanol–water partition coefficient (Wildman–Crippen LogP) is 1.50. The number of hydrogen-bond donors (Lipinski definition) is 3. The van der Waals surface area contributed by atoms with Gasteiger partial charge in [-0.1, -0.05) is 30.3 Å². The molecule has 3 N–H and O–H groups in total. The number of carbonyl (C=O) groups is 3. The summed E-state index contributed by atoms with van der Waals surface area (Å²) in [5.41, 5.74) is -0.216. The maximum Gasteiger partial charge on any atom is 0.326 e. The number of ether oxygens (including phenoxy) is 1. The van der Waals surface area contributed by atoms with Gasteiger partial charge in [-0.05, 0) is 18.2 Å². The average molecular weight is 398 g/mol. The summed E-state index contributed by atoms with van der Waals surface area (Å²) in [6, 6.07) is 11.1. The molecule has 29 heavy (non-hydrogen) atoms. The Balaban J connectivity index is 1.52. The zero-order valence-electron chi connectivity index (χ0n) is 14.9. The van der Waals surface area contributed by atoms with E-state index in [1.54, 1.807) is 24.3 Å². The van der Waals surface area contributed by atoms with Gasteiger partial charge < -0.3 is 10.1 Å². The number of H-pyrrole nitrogens is 1. The van der Waals surface area contributed by atoms with E-state index in [2.05, 4.69) is 15.5 Å². The van der Waals surface area contributed by atoms with Crippen molar-refractivity contribution < 1.29 is 23.5 Å². The van der Waals surface area contributed by atoms with Gasteiger partial charge in [-0.15, -0.1) is 0 Å². The van der Waals surface area contributed by atoms with Crippen molar-refractivity contribution in [2.45, 2.75) is 6.42 Å². The van der Waals surface area contributed by atoms with Gasteiger partial charge in [0.1, 0.15) is 5.82 Å². The highest BCUT2D eigenvalue weighted by atomic mass is 19.1. The number of hydrogen-bond acceptors (Lipinski definition) is 6. The molecular weight excluding hydrogens is 383 g/mol. The molecule has 0 atom stereocenters. The van der Waals surface area contributed by atoms with E-state index in [1.165, 1.54) is 18.2 Å². The third-order valence-electron chi connectivity index (χ3n) is 3.83. The number of rotatable bonds is 5. The van der Waals surface area contributed by atoms with E-state index in [9.17, 15) is 23.6 Å². The molecule has 0 saturated heterocycles. The quantitative estimate of drug-likeness (QED) is 0.559. The molecule has 3 aromatic rings. The van der Waals surface area contributed by atoms with Crippen LogP contribution in [0, 0.1) is 5.82 Å². The van der Waals surface area contributed by atoms with E-state index in [0.717, 1.165) is 6.07 Å². The molecule has 9 nitrogen and oxygen atoms in total. The minimum atomic E-state index is -0.968. The zero-order valence-corrected chi connectivity index (χ0v) is 14.9. The molecule has 0 fully saturated rings. The lowest BCUT2D eigenvalue weighted by Crippen LogP contribution is -2.37. The van der Waals surface area contributed by atoms with Crippen molar-refractivity contribution >= 4 is 34.4 Å². The van der Waals surface area contributed by atoms with E-state index in [4.69, 9.17) is 4.74 Å². The highest BCUT2D eigenvalue weighted by molar-refractivity contribution is 6.02. The standard InChI is InChI=1S/C19H15FN4O5/c20-13-7-3-4-8-14(13)21-19(28)22-16(25)10-29-17(26)9-15-11-5-1-2-6-12(11)18(27)24-23-15/h1-8H,9-10H2,(H,24,27)(H2,21,22,25,28). The molecular formula is C19H15FN4O5. The second kappa shape index (κ2) is 8.74. The van der Waals surface area contributed by atoms with E-state index < -0.39 is 35.9 Å². The van der Waals surface area contributed by atoms with Crippen LogP contribution < -0.4 is 16.2 Å². The summed E-state index contributed by atoms with van der Waals surface area (Å²) in [5.74, 6) is -2.34. The fraction of sp³-hybridized carbons (Fsp3) is 0.105. The number of aromatic nitrogens is 2. The first-order chi connectivity index (χ1) is 13.9. The Kier molecular flexibility index (Phi) is 5.93. The lowest BCUT2D eigenvalue weighted by Gasteiger charge is -2.08. The summed E-state index contributed by atoms with van der Waals surface area (Å²) < 4.78 is 18.3. The van der Waals surface area contributed by atoms with E-state index in [1.807, 2.05) is 5.32 Å². The summed E-state index contributed by atoms with van der Waals surface area (Å²) in [6.45, 7) is -0.717. The van der Waals surface area contributed by atoms with Crippen LogP contribution in [0.25, 0.3) is 10.8 Å². The van der Waals surface area contributed by atoms with Gasteiger partial charge in [0.05, 0.1) is 23.2 Å². The minimum Gasteiger partial charge on any atom is -0.455 e. The fourth-order valence-corrected chi connectivity index (χ4v) is 2.52. The Labute approximate surface area is 162 Å². The van der Waals surface area contributed by atoms with Crippen molar-refractivity contribution in [3.8, 4) is 0 Å².